The van der Waals surface area contributed by atoms with Crippen molar-refractivity contribution in [2.45, 2.75) is 101 Å². The zero-order chi connectivity index (χ0) is 27.9. The number of hydrogen-bond donors (Lipinski definition) is 0. The lowest BCUT2D eigenvalue weighted by Crippen LogP contribution is -2.46. The molecule has 0 N–H and O–H groups in total. The SMILES string of the molecule is Cc1nc2ccccc2n1C1C[C@H]2CC[C@@H](C1)N2CCC(CN(C1CCC(F)(F)CC1)S(=O)[O-])c1ccccc1. The molecule has 40 heavy (non-hydrogen) atoms. The van der Waals surface area contributed by atoms with E-state index >= 15 is 0 Å². The molecule has 6 rings (SSSR count). The van der Waals surface area contributed by atoms with Crippen LogP contribution in [0.2, 0.25) is 0 Å². The highest BCUT2D eigenvalue weighted by Crippen LogP contribution is 2.43. The number of alkyl halides is 2. The molecule has 1 aliphatic carbocycles. The molecule has 3 aromatic rings. The van der Waals surface area contributed by atoms with Crippen molar-refractivity contribution in [3.05, 3.63) is 66.0 Å². The van der Waals surface area contributed by atoms with E-state index in [0.29, 0.717) is 24.7 Å². The fraction of sp³-hybridized carbons (Fsp3) is 0.581. The molecule has 9 heteroatoms. The molecule has 3 aliphatic rings. The van der Waals surface area contributed by atoms with Crippen LogP contribution in [-0.4, -0.2) is 64.7 Å². The summed E-state index contributed by atoms with van der Waals surface area (Å²) in [4.78, 5) is 7.48. The Balaban J connectivity index is 1.16. The lowest BCUT2D eigenvalue weighted by molar-refractivity contribution is -0.0471. The summed E-state index contributed by atoms with van der Waals surface area (Å²) in [5, 5.41) is 0. The Morgan fingerprint density at radius 2 is 1.65 bits per heavy atom. The number of aromatic nitrogens is 2. The van der Waals surface area contributed by atoms with Crippen molar-refractivity contribution in [1.82, 2.24) is 18.8 Å². The molecule has 1 saturated carbocycles. The number of aryl methyl sites for hydroxylation is 1. The number of halogens is 2. The minimum absolute atomic E-state index is 0.0125. The number of fused-ring (bicyclic) bond motifs is 3. The Bertz CT molecular complexity index is 1310. The molecule has 2 bridgehead atoms. The van der Waals surface area contributed by atoms with E-state index in [-0.39, 0.29) is 37.6 Å². The van der Waals surface area contributed by atoms with Gasteiger partial charge in [0.1, 0.15) is 5.82 Å². The van der Waals surface area contributed by atoms with E-state index < -0.39 is 17.2 Å². The predicted octanol–water partition coefficient (Wildman–Crippen LogP) is 6.36. The third-order valence-corrected chi connectivity index (χ3v) is 10.5. The molecule has 2 aliphatic heterocycles. The molecule has 1 aromatic heterocycles. The van der Waals surface area contributed by atoms with Crippen LogP contribution < -0.4 is 0 Å². The maximum absolute atomic E-state index is 13.8. The smallest absolute Gasteiger partial charge is 0.248 e. The monoisotopic (exact) mass is 569 g/mol. The highest BCUT2D eigenvalue weighted by atomic mass is 32.2. The second-order valence-corrected chi connectivity index (χ2v) is 13.0. The first-order valence-corrected chi connectivity index (χ1v) is 15.8. The van der Waals surface area contributed by atoms with Gasteiger partial charge in [-0.1, -0.05) is 42.5 Å². The third-order valence-electron chi connectivity index (χ3n) is 9.69. The third kappa shape index (κ3) is 5.75. The first kappa shape index (κ1) is 27.9. The van der Waals surface area contributed by atoms with E-state index in [4.69, 9.17) is 4.98 Å². The van der Waals surface area contributed by atoms with Crippen molar-refractivity contribution in [3.8, 4) is 0 Å². The average Bonchev–Trinajstić information content (AvgIpc) is 3.40. The number of piperidine rings is 1. The highest BCUT2D eigenvalue weighted by molar-refractivity contribution is 7.76. The molecule has 2 aromatic carbocycles. The molecule has 6 nitrogen and oxygen atoms in total. The van der Waals surface area contributed by atoms with E-state index in [2.05, 4.69) is 46.7 Å². The molecular weight excluding hydrogens is 530 g/mol. The van der Waals surface area contributed by atoms with Gasteiger partial charge in [-0.2, -0.15) is 0 Å². The lowest BCUT2D eigenvalue weighted by Gasteiger charge is -2.42. The molecule has 3 unspecified atom stereocenters. The van der Waals surface area contributed by atoms with E-state index in [9.17, 15) is 17.5 Å². The van der Waals surface area contributed by atoms with Crippen molar-refractivity contribution >= 4 is 22.3 Å². The Labute approximate surface area is 238 Å². The normalized spacial score (nSPS) is 26.9. The van der Waals surface area contributed by atoms with Gasteiger partial charge in [-0.05, 0) is 82.0 Å². The molecule has 0 radical (unpaired) electrons. The second kappa shape index (κ2) is 11.6. The molecule has 0 spiro atoms. The van der Waals surface area contributed by atoms with E-state index in [0.717, 1.165) is 42.7 Å². The van der Waals surface area contributed by atoms with Gasteiger partial charge in [0, 0.05) is 54.8 Å². The van der Waals surface area contributed by atoms with Gasteiger partial charge in [-0.3, -0.25) is 9.11 Å². The van der Waals surface area contributed by atoms with E-state index in [1.165, 1.54) is 22.7 Å². The Hall–Kier alpha value is -2.20. The summed E-state index contributed by atoms with van der Waals surface area (Å²) >= 11 is -2.45. The van der Waals surface area contributed by atoms with Gasteiger partial charge in [0.05, 0.1) is 11.0 Å². The number of imidazole rings is 1. The number of hydrogen-bond acceptors (Lipinski definition) is 4. The number of rotatable bonds is 9. The van der Waals surface area contributed by atoms with E-state index in [1.54, 1.807) is 0 Å². The minimum Gasteiger partial charge on any atom is -0.760 e. The average molecular weight is 570 g/mol. The zero-order valence-corrected chi connectivity index (χ0v) is 23.9. The maximum atomic E-state index is 13.8. The number of para-hydroxylation sites is 2. The quantitative estimate of drug-likeness (QED) is 0.281. The lowest BCUT2D eigenvalue weighted by atomic mass is 9.90. The topological polar surface area (TPSA) is 64.4 Å². The van der Waals surface area contributed by atoms with Crippen LogP contribution in [0.5, 0.6) is 0 Å². The number of nitrogens with zero attached hydrogens (tertiary/aromatic N) is 4. The molecule has 2 saturated heterocycles. The summed E-state index contributed by atoms with van der Waals surface area (Å²) in [6.07, 6.45) is 5.35. The van der Waals surface area contributed by atoms with Crippen LogP contribution in [0.15, 0.2) is 54.6 Å². The van der Waals surface area contributed by atoms with Crippen LogP contribution in [0.3, 0.4) is 0 Å². The van der Waals surface area contributed by atoms with Crippen LogP contribution in [0.1, 0.15) is 81.1 Å². The first-order chi connectivity index (χ1) is 19.3. The van der Waals surface area contributed by atoms with Crippen molar-refractivity contribution in [2.24, 2.45) is 0 Å². The molecular formula is C31H39F2N4O2S-. The Morgan fingerprint density at radius 1 is 1.00 bits per heavy atom. The van der Waals surface area contributed by atoms with Crippen LogP contribution in [0.4, 0.5) is 8.78 Å². The predicted molar refractivity (Wildman–Crippen MR) is 153 cm³/mol. The fourth-order valence-electron chi connectivity index (χ4n) is 7.70. The van der Waals surface area contributed by atoms with Crippen molar-refractivity contribution in [1.29, 1.82) is 0 Å². The molecule has 216 valence electrons. The van der Waals surface area contributed by atoms with Gasteiger partial charge in [-0.25, -0.2) is 18.1 Å². The summed E-state index contributed by atoms with van der Waals surface area (Å²) in [6.45, 7) is 3.35. The minimum atomic E-state index is -2.68. The zero-order valence-electron chi connectivity index (χ0n) is 23.1. The maximum Gasteiger partial charge on any atom is 0.248 e. The first-order valence-electron chi connectivity index (χ1n) is 14.8. The summed E-state index contributed by atoms with van der Waals surface area (Å²) in [5.74, 6) is -1.59. The van der Waals surface area contributed by atoms with Crippen molar-refractivity contribution in [2.75, 3.05) is 13.1 Å². The van der Waals surface area contributed by atoms with E-state index in [1.807, 2.05) is 24.3 Å². The largest absolute Gasteiger partial charge is 0.760 e. The molecule has 3 fully saturated rings. The highest BCUT2D eigenvalue weighted by Gasteiger charge is 2.42. The van der Waals surface area contributed by atoms with Gasteiger partial charge in [0.2, 0.25) is 5.92 Å². The van der Waals surface area contributed by atoms with Gasteiger partial charge >= 0.3 is 0 Å². The molecule has 3 heterocycles. The Kier molecular flexibility index (Phi) is 8.09. The van der Waals surface area contributed by atoms with Gasteiger partial charge in [0.25, 0.3) is 0 Å². The van der Waals surface area contributed by atoms with Crippen molar-refractivity contribution < 1.29 is 17.5 Å². The second-order valence-electron chi connectivity index (χ2n) is 12.1. The summed E-state index contributed by atoms with van der Waals surface area (Å²) in [7, 11) is 0. The van der Waals surface area contributed by atoms with Crippen LogP contribution >= 0.6 is 0 Å². The number of benzene rings is 2. The fourth-order valence-corrected chi connectivity index (χ4v) is 8.46. The van der Waals surface area contributed by atoms with Crippen LogP contribution in [0.25, 0.3) is 11.0 Å². The summed E-state index contributed by atoms with van der Waals surface area (Å²) in [5.41, 5.74) is 3.39. The summed E-state index contributed by atoms with van der Waals surface area (Å²) < 4.78 is 56.2. The van der Waals surface area contributed by atoms with Gasteiger partial charge in [-0.15, -0.1) is 0 Å². The van der Waals surface area contributed by atoms with Crippen LogP contribution in [0, 0.1) is 6.92 Å². The molecule has 0 amide bonds. The molecule has 5 atom stereocenters. The summed E-state index contributed by atoms with van der Waals surface area (Å²) in [6, 6.07) is 19.6. The standard InChI is InChI=1S/C31H40F2N4O2S/c1-22-34-29-9-5-6-10-30(29)37(22)28-19-26-11-12-27(20-28)35(26)18-15-24(23-7-3-2-4-8-23)21-36(40(38)39)25-13-16-31(32,33)17-14-25/h2-10,24-28H,11-21H2,1H3,(H,38,39)/p-1/t24?,26-,27+,28?. The Morgan fingerprint density at radius 3 is 2.33 bits per heavy atom. The van der Waals surface area contributed by atoms with Crippen molar-refractivity contribution in [3.63, 3.8) is 0 Å². The van der Waals surface area contributed by atoms with Crippen LogP contribution in [-0.2, 0) is 11.3 Å². The van der Waals surface area contributed by atoms with Gasteiger partial charge < -0.3 is 9.12 Å². The van der Waals surface area contributed by atoms with Gasteiger partial charge in [0.15, 0.2) is 0 Å².